The lowest BCUT2D eigenvalue weighted by Gasteiger charge is -2.13. The van der Waals surface area contributed by atoms with Crippen LogP contribution < -0.4 is 15.4 Å². The van der Waals surface area contributed by atoms with Gasteiger partial charge in [0, 0.05) is 22.9 Å². The third kappa shape index (κ3) is 5.62. The topological polar surface area (TPSA) is 67.4 Å². The maximum Gasteiger partial charge on any atom is 0.255 e. The SMILES string of the molecule is CCC(C)Oc1cccc(C(=O)Nc2cccc(C(=O)NC(C)C)c2)c1. The number of carbonyl (C=O) groups excluding carboxylic acids is 2. The Morgan fingerprint density at radius 3 is 2.27 bits per heavy atom. The molecule has 0 saturated heterocycles. The van der Waals surface area contributed by atoms with E-state index in [4.69, 9.17) is 4.74 Å². The highest BCUT2D eigenvalue weighted by molar-refractivity contribution is 6.05. The zero-order valence-corrected chi connectivity index (χ0v) is 15.7. The first-order valence-electron chi connectivity index (χ1n) is 8.88. The highest BCUT2D eigenvalue weighted by Gasteiger charge is 2.11. The Hall–Kier alpha value is -2.82. The van der Waals surface area contributed by atoms with E-state index in [0.717, 1.165) is 6.42 Å². The number of nitrogens with one attached hydrogen (secondary N) is 2. The van der Waals surface area contributed by atoms with E-state index in [-0.39, 0.29) is 24.0 Å². The number of benzene rings is 2. The van der Waals surface area contributed by atoms with Gasteiger partial charge in [0.2, 0.25) is 0 Å². The van der Waals surface area contributed by atoms with E-state index >= 15 is 0 Å². The zero-order chi connectivity index (χ0) is 19.1. The minimum atomic E-state index is -0.249. The van der Waals surface area contributed by atoms with E-state index in [2.05, 4.69) is 10.6 Å². The van der Waals surface area contributed by atoms with E-state index in [1.165, 1.54) is 0 Å². The molecule has 2 aromatic carbocycles. The van der Waals surface area contributed by atoms with Gasteiger partial charge >= 0.3 is 0 Å². The number of hydrogen-bond acceptors (Lipinski definition) is 3. The molecular weight excluding hydrogens is 328 g/mol. The summed E-state index contributed by atoms with van der Waals surface area (Å²) >= 11 is 0. The summed E-state index contributed by atoms with van der Waals surface area (Å²) in [6, 6.07) is 14.0. The van der Waals surface area contributed by atoms with Gasteiger partial charge in [0.25, 0.3) is 11.8 Å². The summed E-state index contributed by atoms with van der Waals surface area (Å²) in [6.07, 6.45) is 0.978. The van der Waals surface area contributed by atoms with Crippen LogP contribution in [0, 0.1) is 0 Å². The maximum atomic E-state index is 12.5. The Morgan fingerprint density at radius 1 is 0.962 bits per heavy atom. The number of rotatable bonds is 7. The molecule has 5 nitrogen and oxygen atoms in total. The van der Waals surface area contributed by atoms with Gasteiger partial charge in [-0.15, -0.1) is 0 Å². The molecule has 0 spiro atoms. The first-order chi connectivity index (χ1) is 12.4. The fourth-order valence-corrected chi connectivity index (χ4v) is 2.31. The molecule has 0 saturated carbocycles. The number of carbonyl (C=O) groups is 2. The monoisotopic (exact) mass is 354 g/mol. The third-order valence-electron chi connectivity index (χ3n) is 3.81. The molecule has 2 rings (SSSR count). The summed E-state index contributed by atoms with van der Waals surface area (Å²) in [5.74, 6) is 0.248. The average Bonchev–Trinajstić information content (AvgIpc) is 2.61. The summed E-state index contributed by atoms with van der Waals surface area (Å²) in [6.45, 7) is 7.83. The number of ether oxygens (including phenoxy) is 1. The summed E-state index contributed by atoms with van der Waals surface area (Å²) in [7, 11) is 0. The standard InChI is InChI=1S/C21H26N2O3/c1-5-15(4)26-19-11-7-9-17(13-19)21(25)23-18-10-6-8-16(12-18)20(24)22-14(2)3/h6-15H,5H2,1-4H3,(H,22,24)(H,23,25). The number of hydrogen-bond donors (Lipinski definition) is 2. The van der Waals surface area contributed by atoms with Crippen molar-refractivity contribution in [1.29, 1.82) is 0 Å². The second-order valence-corrected chi connectivity index (χ2v) is 6.53. The molecule has 0 aliphatic heterocycles. The first kappa shape index (κ1) is 19.5. The molecule has 2 N–H and O–H groups in total. The van der Waals surface area contributed by atoms with E-state index in [0.29, 0.717) is 22.6 Å². The van der Waals surface area contributed by atoms with Gasteiger partial charge in [-0.1, -0.05) is 19.1 Å². The van der Waals surface area contributed by atoms with Gasteiger partial charge in [0.1, 0.15) is 5.75 Å². The van der Waals surface area contributed by atoms with Gasteiger partial charge in [-0.05, 0) is 63.6 Å². The van der Waals surface area contributed by atoms with Crippen molar-refractivity contribution in [2.75, 3.05) is 5.32 Å². The van der Waals surface area contributed by atoms with Crippen LogP contribution in [0.1, 0.15) is 54.8 Å². The van der Waals surface area contributed by atoms with Crippen LogP contribution in [0.2, 0.25) is 0 Å². The lowest BCUT2D eigenvalue weighted by atomic mass is 10.1. The second-order valence-electron chi connectivity index (χ2n) is 6.53. The quantitative estimate of drug-likeness (QED) is 0.781. The predicted octanol–water partition coefficient (Wildman–Crippen LogP) is 4.25. The van der Waals surface area contributed by atoms with Crippen molar-refractivity contribution in [2.24, 2.45) is 0 Å². The summed E-state index contributed by atoms with van der Waals surface area (Å²) in [4.78, 5) is 24.6. The van der Waals surface area contributed by atoms with Gasteiger partial charge in [-0.25, -0.2) is 0 Å². The molecular formula is C21H26N2O3. The molecule has 1 atom stereocenters. The van der Waals surface area contributed by atoms with Crippen molar-refractivity contribution in [1.82, 2.24) is 5.32 Å². The molecule has 1 unspecified atom stereocenters. The van der Waals surface area contributed by atoms with Crippen LogP contribution in [0.25, 0.3) is 0 Å². The highest BCUT2D eigenvalue weighted by Crippen LogP contribution is 2.18. The normalized spacial score (nSPS) is 11.7. The maximum absolute atomic E-state index is 12.5. The van der Waals surface area contributed by atoms with E-state index in [1.54, 1.807) is 42.5 Å². The molecule has 0 bridgehead atoms. The zero-order valence-electron chi connectivity index (χ0n) is 15.7. The van der Waals surface area contributed by atoms with Crippen molar-refractivity contribution in [3.63, 3.8) is 0 Å². The Labute approximate surface area is 154 Å². The largest absolute Gasteiger partial charge is 0.491 e. The summed E-state index contributed by atoms with van der Waals surface area (Å²) in [5.41, 5.74) is 1.58. The van der Waals surface area contributed by atoms with Crippen LogP contribution in [0.15, 0.2) is 48.5 Å². The minimum Gasteiger partial charge on any atom is -0.491 e. The molecule has 2 aromatic rings. The molecule has 138 valence electrons. The van der Waals surface area contributed by atoms with E-state index < -0.39 is 0 Å². The lowest BCUT2D eigenvalue weighted by molar-refractivity contribution is 0.0942. The molecule has 0 aliphatic rings. The van der Waals surface area contributed by atoms with Crippen molar-refractivity contribution >= 4 is 17.5 Å². The smallest absolute Gasteiger partial charge is 0.255 e. The van der Waals surface area contributed by atoms with Gasteiger partial charge in [0.15, 0.2) is 0 Å². The molecule has 2 amide bonds. The van der Waals surface area contributed by atoms with E-state index in [1.807, 2.05) is 33.8 Å². The van der Waals surface area contributed by atoms with Crippen LogP contribution in [0.3, 0.4) is 0 Å². The molecule has 0 fully saturated rings. The van der Waals surface area contributed by atoms with E-state index in [9.17, 15) is 9.59 Å². The molecule has 0 heterocycles. The van der Waals surface area contributed by atoms with Crippen molar-refractivity contribution in [3.05, 3.63) is 59.7 Å². The van der Waals surface area contributed by atoms with Crippen LogP contribution in [-0.4, -0.2) is 24.0 Å². The average molecular weight is 354 g/mol. The van der Waals surface area contributed by atoms with Gasteiger partial charge < -0.3 is 15.4 Å². The minimum absolute atomic E-state index is 0.0500. The fraction of sp³-hybridized carbons (Fsp3) is 0.333. The fourth-order valence-electron chi connectivity index (χ4n) is 2.31. The van der Waals surface area contributed by atoms with Crippen LogP contribution >= 0.6 is 0 Å². The number of amides is 2. The van der Waals surface area contributed by atoms with Gasteiger partial charge in [-0.3, -0.25) is 9.59 Å². The van der Waals surface area contributed by atoms with Crippen molar-refractivity contribution < 1.29 is 14.3 Å². The molecule has 5 heteroatoms. The first-order valence-corrected chi connectivity index (χ1v) is 8.88. The van der Waals surface area contributed by atoms with Gasteiger partial charge in [-0.2, -0.15) is 0 Å². The van der Waals surface area contributed by atoms with Gasteiger partial charge in [0.05, 0.1) is 6.10 Å². The Balaban J connectivity index is 2.10. The van der Waals surface area contributed by atoms with Crippen LogP contribution in [0.4, 0.5) is 5.69 Å². The Bertz CT molecular complexity index is 771. The van der Waals surface area contributed by atoms with Crippen molar-refractivity contribution in [3.8, 4) is 5.75 Å². The summed E-state index contributed by atoms with van der Waals surface area (Å²) < 4.78 is 5.76. The van der Waals surface area contributed by atoms with Crippen LogP contribution in [-0.2, 0) is 0 Å². The van der Waals surface area contributed by atoms with Crippen molar-refractivity contribution in [2.45, 2.75) is 46.3 Å². The van der Waals surface area contributed by atoms with Crippen LogP contribution in [0.5, 0.6) is 5.75 Å². The second kappa shape index (κ2) is 9.04. The summed E-state index contributed by atoms with van der Waals surface area (Å²) in [5, 5.41) is 5.66. The molecule has 26 heavy (non-hydrogen) atoms. The lowest BCUT2D eigenvalue weighted by Crippen LogP contribution is -2.30. The Kier molecular flexibility index (Phi) is 6.78. The number of anilines is 1. The Morgan fingerprint density at radius 2 is 1.62 bits per heavy atom. The molecule has 0 aliphatic carbocycles. The molecule has 0 radical (unpaired) electrons. The third-order valence-corrected chi connectivity index (χ3v) is 3.81. The molecule has 0 aromatic heterocycles. The highest BCUT2D eigenvalue weighted by atomic mass is 16.5. The predicted molar refractivity (Wildman–Crippen MR) is 104 cm³/mol.